The highest BCUT2D eigenvalue weighted by Crippen LogP contribution is 2.25. The van der Waals surface area contributed by atoms with E-state index in [9.17, 15) is 13.6 Å². The van der Waals surface area contributed by atoms with Gasteiger partial charge in [-0.15, -0.1) is 6.42 Å². The molecule has 3 atom stereocenters. The number of piperidine rings is 2. The van der Waals surface area contributed by atoms with Crippen LogP contribution in [-0.2, 0) is 6.42 Å². The van der Waals surface area contributed by atoms with Crippen molar-refractivity contribution in [1.29, 1.82) is 0 Å². The monoisotopic (exact) mass is 480 g/mol. The van der Waals surface area contributed by atoms with Crippen LogP contribution < -0.4 is 10.6 Å². The van der Waals surface area contributed by atoms with Gasteiger partial charge in [0.2, 0.25) is 0 Å². The van der Waals surface area contributed by atoms with E-state index in [0.29, 0.717) is 18.2 Å². The predicted octanol–water partition coefficient (Wildman–Crippen LogP) is 4.36. The Morgan fingerprint density at radius 1 is 0.971 bits per heavy atom. The summed E-state index contributed by atoms with van der Waals surface area (Å²) in [6.45, 7) is 5.22. The number of nitrogens with one attached hydrogen (secondary N) is 2. The van der Waals surface area contributed by atoms with Crippen molar-refractivity contribution in [2.45, 2.75) is 31.7 Å². The topological polar surface area (TPSA) is 47.6 Å². The molecule has 2 fully saturated rings. The van der Waals surface area contributed by atoms with Crippen LogP contribution in [0.2, 0.25) is 0 Å². The Hall–Kier alpha value is -2.95. The van der Waals surface area contributed by atoms with Crippen LogP contribution >= 0.6 is 0 Å². The number of nitrogens with zero attached hydrogens (tertiary/aromatic N) is 2. The molecule has 0 unspecified atom stereocenters. The first kappa shape index (κ1) is 25.2. The molecule has 2 aromatic rings. The molecule has 0 spiro atoms. The van der Waals surface area contributed by atoms with Gasteiger partial charge in [-0.05, 0) is 80.1 Å². The Bertz CT molecular complexity index is 1010. The van der Waals surface area contributed by atoms with Gasteiger partial charge in [-0.2, -0.15) is 0 Å². The number of carbonyl (C=O) groups is 1. The number of urea groups is 1. The van der Waals surface area contributed by atoms with Gasteiger partial charge in [0.05, 0.1) is 6.54 Å². The molecule has 0 saturated carbocycles. The highest BCUT2D eigenvalue weighted by atomic mass is 19.1. The highest BCUT2D eigenvalue weighted by Gasteiger charge is 2.33. The summed E-state index contributed by atoms with van der Waals surface area (Å²) in [6, 6.07) is 12.3. The molecule has 2 N–H and O–H groups in total. The van der Waals surface area contributed by atoms with Gasteiger partial charge in [0.15, 0.2) is 0 Å². The van der Waals surface area contributed by atoms with Gasteiger partial charge >= 0.3 is 6.03 Å². The number of amides is 2. The molecule has 186 valence electrons. The third kappa shape index (κ3) is 7.51. The molecule has 2 aliphatic heterocycles. The Kier molecular flexibility index (Phi) is 8.73. The van der Waals surface area contributed by atoms with Crippen LogP contribution in [0.15, 0.2) is 48.5 Å². The molecule has 2 aromatic carbocycles. The number of halogens is 2. The Labute approximate surface area is 206 Å². The largest absolute Gasteiger partial charge is 0.335 e. The minimum Gasteiger partial charge on any atom is -0.335 e. The summed E-state index contributed by atoms with van der Waals surface area (Å²) in [4.78, 5) is 17.5. The first-order valence-corrected chi connectivity index (χ1v) is 12.4. The van der Waals surface area contributed by atoms with Crippen LogP contribution in [0.5, 0.6) is 0 Å². The SMILES string of the molecule is C#CCN1CC[C@@H](NC(=O)Nc2ccc(F)cc2)[C@H](CN2CCC[C@@H](Cc3ccc(F)cc3)C2)C1. The molecule has 2 aliphatic rings. The maximum atomic E-state index is 13.3. The zero-order valence-corrected chi connectivity index (χ0v) is 20.1. The van der Waals surface area contributed by atoms with Gasteiger partial charge in [0.25, 0.3) is 0 Å². The molecule has 0 aliphatic carbocycles. The molecule has 2 saturated heterocycles. The fourth-order valence-electron chi connectivity index (χ4n) is 5.39. The Morgan fingerprint density at radius 3 is 2.40 bits per heavy atom. The molecule has 5 nitrogen and oxygen atoms in total. The summed E-state index contributed by atoms with van der Waals surface area (Å²) in [7, 11) is 0. The molecule has 0 radical (unpaired) electrons. The molecular weight excluding hydrogens is 446 g/mol. The van der Waals surface area contributed by atoms with Gasteiger partial charge in [-0.3, -0.25) is 4.90 Å². The van der Waals surface area contributed by atoms with Crippen LogP contribution in [-0.4, -0.2) is 61.1 Å². The number of terminal acetylenes is 1. The molecule has 0 bridgehead atoms. The minimum atomic E-state index is -0.337. The van der Waals surface area contributed by atoms with E-state index in [1.807, 2.05) is 12.1 Å². The van der Waals surface area contributed by atoms with E-state index in [2.05, 4.69) is 26.4 Å². The zero-order chi connectivity index (χ0) is 24.6. The first-order chi connectivity index (χ1) is 17.0. The van der Waals surface area contributed by atoms with Crippen molar-refractivity contribution < 1.29 is 13.6 Å². The summed E-state index contributed by atoms with van der Waals surface area (Å²) in [6.07, 6.45) is 9.65. The van der Waals surface area contributed by atoms with Crippen molar-refractivity contribution in [2.75, 3.05) is 44.6 Å². The summed E-state index contributed by atoms with van der Waals surface area (Å²) in [5.74, 6) is 3.00. The molecule has 2 amide bonds. The van der Waals surface area contributed by atoms with Crippen molar-refractivity contribution in [2.24, 2.45) is 11.8 Å². The second-order valence-corrected chi connectivity index (χ2v) is 9.80. The average Bonchev–Trinajstić information content (AvgIpc) is 2.84. The number of benzene rings is 2. The summed E-state index contributed by atoms with van der Waals surface area (Å²) >= 11 is 0. The van der Waals surface area contributed by atoms with Gasteiger partial charge in [0, 0.05) is 43.8 Å². The molecule has 35 heavy (non-hydrogen) atoms. The van der Waals surface area contributed by atoms with Gasteiger partial charge in [-0.25, -0.2) is 13.6 Å². The number of hydrogen-bond donors (Lipinski definition) is 2. The molecule has 7 heteroatoms. The van der Waals surface area contributed by atoms with Gasteiger partial charge in [-0.1, -0.05) is 18.1 Å². The van der Waals surface area contributed by atoms with Gasteiger partial charge < -0.3 is 15.5 Å². The van der Waals surface area contributed by atoms with Crippen molar-refractivity contribution >= 4 is 11.7 Å². The first-order valence-electron chi connectivity index (χ1n) is 12.4. The van der Waals surface area contributed by atoms with Gasteiger partial charge in [0.1, 0.15) is 11.6 Å². The van der Waals surface area contributed by atoms with Crippen molar-refractivity contribution in [1.82, 2.24) is 15.1 Å². The second kappa shape index (κ2) is 12.1. The Morgan fingerprint density at radius 2 is 1.69 bits per heavy atom. The summed E-state index contributed by atoms with van der Waals surface area (Å²) < 4.78 is 26.4. The Balaban J connectivity index is 1.35. The normalized spacial score (nSPS) is 23.4. The number of hydrogen-bond acceptors (Lipinski definition) is 3. The lowest BCUT2D eigenvalue weighted by Gasteiger charge is -2.42. The minimum absolute atomic E-state index is 0.0296. The maximum Gasteiger partial charge on any atom is 0.319 e. The van der Waals surface area contributed by atoms with Crippen LogP contribution in [0.25, 0.3) is 0 Å². The van der Waals surface area contributed by atoms with E-state index in [4.69, 9.17) is 6.42 Å². The van der Waals surface area contributed by atoms with E-state index >= 15 is 0 Å². The predicted molar refractivity (Wildman–Crippen MR) is 135 cm³/mol. The van der Waals surface area contributed by atoms with Crippen LogP contribution in [0.4, 0.5) is 19.3 Å². The quantitative estimate of drug-likeness (QED) is 0.579. The summed E-state index contributed by atoms with van der Waals surface area (Å²) in [5.41, 5.74) is 1.73. The summed E-state index contributed by atoms with van der Waals surface area (Å²) in [5, 5.41) is 5.97. The lowest BCUT2D eigenvalue weighted by atomic mass is 9.88. The number of rotatable bonds is 7. The van der Waals surface area contributed by atoms with Crippen LogP contribution in [0, 0.1) is 35.8 Å². The standard InChI is InChI=1S/C28H34F2N4O/c1-2-14-33-16-13-27(32-28(35)31-26-11-9-25(30)10-12-26)23(19-33)20-34-15-3-4-22(18-34)17-21-5-7-24(29)8-6-21/h1,5-12,22-23,27H,3-4,13-20H2,(H2,31,32,35)/t22-,23-,27+/m0/s1. The third-order valence-corrected chi connectivity index (χ3v) is 7.09. The molecule has 2 heterocycles. The van der Waals surface area contributed by atoms with Crippen molar-refractivity contribution in [3.63, 3.8) is 0 Å². The lowest BCUT2D eigenvalue weighted by Crippen LogP contribution is -2.55. The number of likely N-dealkylation sites (tertiary alicyclic amines) is 2. The fraction of sp³-hybridized carbons (Fsp3) is 0.464. The average molecular weight is 481 g/mol. The lowest BCUT2D eigenvalue weighted by molar-refractivity contribution is 0.0910. The molecule has 0 aromatic heterocycles. The van der Waals surface area contributed by atoms with E-state index < -0.39 is 0 Å². The van der Waals surface area contributed by atoms with E-state index in [1.54, 1.807) is 12.1 Å². The molecule has 4 rings (SSSR count). The van der Waals surface area contributed by atoms with E-state index in [-0.39, 0.29) is 29.6 Å². The number of carbonyl (C=O) groups excluding carboxylic acids is 1. The fourth-order valence-corrected chi connectivity index (χ4v) is 5.39. The third-order valence-electron chi connectivity index (χ3n) is 7.09. The zero-order valence-electron chi connectivity index (χ0n) is 20.1. The molecular formula is C28H34F2N4O. The van der Waals surface area contributed by atoms with Crippen molar-refractivity contribution in [3.8, 4) is 12.3 Å². The van der Waals surface area contributed by atoms with E-state index in [0.717, 1.165) is 52.0 Å². The maximum absolute atomic E-state index is 13.3. The number of anilines is 1. The van der Waals surface area contributed by atoms with Crippen LogP contribution in [0.1, 0.15) is 24.8 Å². The highest BCUT2D eigenvalue weighted by molar-refractivity contribution is 5.89. The van der Waals surface area contributed by atoms with E-state index in [1.165, 1.54) is 36.2 Å². The smallest absolute Gasteiger partial charge is 0.319 e. The second-order valence-electron chi connectivity index (χ2n) is 9.80. The van der Waals surface area contributed by atoms with Crippen molar-refractivity contribution in [3.05, 3.63) is 65.7 Å². The van der Waals surface area contributed by atoms with Crippen LogP contribution in [0.3, 0.4) is 0 Å².